The molecule has 0 aromatic heterocycles. The van der Waals surface area contributed by atoms with E-state index in [9.17, 15) is 9.59 Å². The van der Waals surface area contributed by atoms with E-state index in [1.165, 1.54) is 11.3 Å². The molecule has 0 aliphatic carbocycles. The molecule has 2 heterocycles. The van der Waals surface area contributed by atoms with Gasteiger partial charge in [0.1, 0.15) is 6.61 Å². The van der Waals surface area contributed by atoms with E-state index in [1.54, 1.807) is 12.1 Å². The first kappa shape index (κ1) is 20.0. The molecular weight excluding hydrogens is 384 g/mol. The van der Waals surface area contributed by atoms with Crippen LogP contribution in [0.25, 0.3) is 0 Å². The standard InChI is InChI=1S/C22H26N4O4/c1-16-6-2-3-7-17(16)26-12-10-25(11-13-26)14-21(27)23-24-22(28)20-15-29-18-8-4-5-9-19(18)30-20/h2-9,20H,10-15H2,1H3,(H,23,27)(H,24,28)/t20-/m0/s1. The summed E-state index contributed by atoms with van der Waals surface area (Å²) >= 11 is 0. The molecule has 1 fully saturated rings. The zero-order valence-electron chi connectivity index (χ0n) is 17.0. The predicted octanol–water partition coefficient (Wildman–Crippen LogP) is 1.10. The average Bonchev–Trinajstić information content (AvgIpc) is 2.78. The van der Waals surface area contributed by atoms with Gasteiger partial charge in [0.25, 0.3) is 11.8 Å². The number of aryl methyl sites for hydroxylation is 1. The van der Waals surface area contributed by atoms with Gasteiger partial charge in [-0.2, -0.15) is 0 Å². The Morgan fingerprint density at radius 2 is 1.67 bits per heavy atom. The van der Waals surface area contributed by atoms with E-state index in [0.29, 0.717) is 11.5 Å². The van der Waals surface area contributed by atoms with Crippen LogP contribution in [-0.4, -0.2) is 62.1 Å². The monoisotopic (exact) mass is 410 g/mol. The Bertz CT molecular complexity index is 912. The summed E-state index contributed by atoms with van der Waals surface area (Å²) in [7, 11) is 0. The van der Waals surface area contributed by atoms with Gasteiger partial charge in [-0.05, 0) is 30.7 Å². The van der Waals surface area contributed by atoms with Gasteiger partial charge in [0.2, 0.25) is 6.10 Å². The summed E-state index contributed by atoms with van der Waals surface area (Å²) in [6.45, 7) is 5.72. The Labute approximate surface area is 175 Å². The second kappa shape index (κ2) is 9.04. The van der Waals surface area contributed by atoms with Crippen LogP contribution in [0.2, 0.25) is 0 Å². The van der Waals surface area contributed by atoms with Crippen LogP contribution in [0.5, 0.6) is 11.5 Å². The SMILES string of the molecule is Cc1ccccc1N1CCN(CC(=O)NNC(=O)[C@@H]2COc3ccccc3O2)CC1. The first-order chi connectivity index (χ1) is 14.6. The van der Waals surface area contributed by atoms with Gasteiger partial charge in [-0.1, -0.05) is 30.3 Å². The molecule has 4 rings (SSSR count). The van der Waals surface area contributed by atoms with E-state index in [0.717, 1.165) is 26.2 Å². The molecular formula is C22H26N4O4. The summed E-state index contributed by atoms with van der Waals surface area (Å²) in [5, 5.41) is 0. The van der Waals surface area contributed by atoms with Crippen molar-refractivity contribution in [3.63, 3.8) is 0 Å². The van der Waals surface area contributed by atoms with Gasteiger partial charge in [-0.15, -0.1) is 0 Å². The number of benzene rings is 2. The van der Waals surface area contributed by atoms with E-state index in [1.807, 2.05) is 24.3 Å². The molecule has 0 bridgehead atoms. The van der Waals surface area contributed by atoms with Crippen molar-refractivity contribution in [3.05, 3.63) is 54.1 Å². The molecule has 1 atom stereocenters. The summed E-state index contributed by atoms with van der Waals surface area (Å²) in [6, 6.07) is 15.5. The number of ether oxygens (including phenoxy) is 2. The molecule has 8 nitrogen and oxygen atoms in total. The van der Waals surface area contributed by atoms with Crippen LogP contribution in [0, 0.1) is 6.92 Å². The van der Waals surface area contributed by atoms with Crippen LogP contribution >= 0.6 is 0 Å². The van der Waals surface area contributed by atoms with Crippen molar-refractivity contribution in [2.45, 2.75) is 13.0 Å². The highest BCUT2D eigenvalue weighted by Gasteiger charge is 2.28. The zero-order chi connectivity index (χ0) is 20.9. The summed E-state index contributed by atoms with van der Waals surface area (Å²) in [5.74, 6) is 0.421. The maximum Gasteiger partial charge on any atom is 0.283 e. The zero-order valence-corrected chi connectivity index (χ0v) is 17.0. The molecule has 0 spiro atoms. The number of anilines is 1. The number of nitrogens with one attached hydrogen (secondary N) is 2. The number of carbonyl (C=O) groups is 2. The first-order valence-corrected chi connectivity index (χ1v) is 10.1. The smallest absolute Gasteiger partial charge is 0.283 e. The molecule has 2 aliphatic heterocycles. The number of rotatable bonds is 4. The molecule has 0 saturated carbocycles. The molecule has 1 saturated heterocycles. The van der Waals surface area contributed by atoms with Crippen molar-refractivity contribution >= 4 is 17.5 Å². The fraction of sp³-hybridized carbons (Fsp3) is 0.364. The van der Waals surface area contributed by atoms with Gasteiger partial charge >= 0.3 is 0 Å². The number of amides is 2. The number of carbonyl (C=O) groups excluding carboxylic acids is 2. The average molecular weight is 410 g/mol. The second-order valence-corrected chi connectivity index (χ2v) is 7.45. The van der Waals surface area contributed by atoms with Crippen LogP contribution in [0.4, 0.5) is 5.69 Å². The fourth-order valence-corrected chi connectivity index (χ4v) is 3.67. The summed E-state index contributed by atoms with van der Waals surface area (Å²) in [6.07, 6.45) is -0.808. The molecule has 2 amide bonds. The molecule has 0 unspecified atom stereocenters. The quantitative estimate of drug-likeness (QED) is 0.735. The van der Waals surface area contributed by atoms with Crippen molar-refractivity contribution in [2.75, 3.05) is 44.2 Å². The number of nitrogens with zero attached hydrogens (tertiary/aromatic N) is 2. The summed E-state index contributed by atoms with van der Waals surface area (Å²) < 4.78 is 11.2. The Morgan fingerprint density at radius 3 is 2.43 bits per heavy atom. The Morgan fingerprint density at radius 1 is 0.967 bits per heavy atom. The lowest BCUT2D eigenvalue weighted by Crippen LogP contribution is -2.54. The lowest BCUT2D eigenvalue weighted by Gasteiger charge is -2.36. The number of para-hydroxylation sites is 3. The van der Waals surface area contributed by atoms with E-state index in [-0.39, 0.29) is 19.1 Å². The van der Waals surface area contributed by atoms with E-state index >= 15 is 0 Å². The third kappa shape index (κ3) is 4.65. The van der Waals surface area contributed by atoms with Crippen LogP contribution in [0.15, 0.2) is 48.5 Å². The first-order valence-electron chi connectivity index (χ1n) is 10.1. The number of fused-ring (bicyclic) bond motifs is 1. The van der Waals surface area contributed by atoms with E-state index < -0.39 is 12.0 Å². The molecule has 8 heteroatoms. The Kier molecular flexibility index (Phi) is 6.04. The Hall–Kier alpha value is -3.26. The molecule has 158 valence electrons. The topological polar surface area (TPSA) is 83.1 Å². The maximum atomic E-state index is 12.3. The van der Waals surface area contributed by atoms with Crippen LogP contribution in [-0.2, 0) is 9.59 Å². The lowest BCUT2D eigenvalue weighted by molar-refractivity contribution is -0.135. The van der Waals surface area contributed by atoms with Gasteiger partial charge < -0.3 is 14.4 Å². The highest BCUT2D eigenvalue weighted by Crippen LogP contribution is 2.30. The molecule has 2 aliphatic rings. The van der Waals surface area contributed by atoms with Crippen LogP contribution < -0.4 is 25.2 Å². The normalized spacial score (nSPS) is 18.6. The summed E-state index contributed by atoms with van der Waals surface area (Å²) in [4.78, 5) is 28.9. The van der Waals surface area contributed by atoms with Gasteiger partial charge in [-0.3, -0.25) is 25.3 Å². The minimum Gasteiger partial charge on any atom is -0.485 e. The molecule has 30 heavy (non-hydrogen) atoms. The predicted molar refractivity (Wildman–Crippen MR) is 112 cm³/mol. The molecule has 2 N–H and O–H groups in total. The summed E-state index contributed by atoms with van der Waals surface area (Å²) in [5.41, 5.74) is 7.40. The largest absolute Gasteiger partial charge is 0.485 e. The molecule has 0 radical (unpaired) electrons. The maximum absolute atomic E-state index is 12.3. The van der Waals surface area contributed by atoms with Crippen LogP contribution in [0.3, 0.4) is 0 Å². The number of piperazine rings is 1. The minimum atomic E-state index is -0.808. The van der Waals surface area contributed by atoms with Crippen molar-refractivity contribution in [1.82, 2.24) is 15.8 Å². The van der Waals surface area contributed by atoms with Gasteiger partial charge in [0, 0.05) is 31.9 Å². The van der Waals surface area contributed by atoms with Crippen molar-refractivity contribution in [1.29, 1.82) is 0 Å². The molecule has 2 aromatic rings. The molecule has 2 aromatic carbocycles. The van der Waals surface area contributed by atoms with Gasteiger partial charge in [0.15, 0.2) is 11.5 Å². The van der Waals surface area contributed by atoms with E-state index in [4.69, 9.17) is 9.47 Å². The van der Waals surface area contributed by atoms with Crippen LogP contribution in [0.1, 0.15) is 5.56 Å². The second-order valence-electron chi connectivity index (χ2n) is 7.45. The Balaban J connectivity index is 1.19. The van der Waals surface area contributed by atoms with Crippen molar-refractivity contribution in [2.24, 2.45) is 0 Å². The third-order valence-electron chi connectivity index (χ3n) is 5.32. The highest BCUT2D eigenvalue weighted by molar-refractivity contribution is 5.86. The van der Waals surface area contributed by atoms with Gasteiger partial charge in [-0.25, -0.2) is 0 Å². The van der Waals surface area contributed by atoms with Crippen molar-refractivity contribution in [3.8, 4) is 11.5 Å². The fourth-order valence-electron chi connectivity index (χ4n) is 3.67. The number of hydrogen-bond acceptors (Lipinski definition) is 6. The lowest BCUT2D eigenvalue weighted by atomic mass is 10.1. The van der Waals surface area contributed by atoms with Gasteiger partial charge in [0.05, 0.1) is 6.54 Å². The highest BCUT2D eigenvalue weighted by atomic mass is 16.6. The third-order valence-corrected chi connectivity index (χ3v) is 5.32. The number of hydrazine groups is 1. The van der Waals surface area contributed by atoms with Crippen molar-refractivity contribution < 1.29 is 19.1 Å². The number of hydrogen-bond donors (Lipinski definition) is 2. The minimum absolute atomic E-state index is 0.0968. The van der Waals surface area contributed by atoms with E-state index in [2.05, 4.69) is 39.7 Å².